The minimum atomic E-state index is 0.481. The van der Waals surface area contributed by atoms with Crippen LogP contribution in [0.2, 0.25) is 0 Å². The highest BCUT2D eigenvalue weighted by molar-refractivity contribution is 5.68. The van der Waals surface area contributed by atoms with Gasteiger partial charge in [0.15, 0.2) is 0 Å². The van der Waals surface area contributed by atoms with Crippen LogP contribution in [0.25, 0.3) is 0 Å². The van der Waals surface area contributed by atoms with E-state index in [1.165, 1.54) is 11.3 Å². The van der Waals surface area contributed by atoms with Crippen LogP contribution >= 0.6 is 0 Å². The first-order valence-corrected chi connectivity index (χ1v) is 4.87. The van der Waals surface area contributed by atoms with Gasteiger partial charge in [-0.2, -0.15) is 5.10 Å². The molecular weight excluding hydrogens is 160 g/mol. The first-order valence-electron chi connectivity index (χ1n) is 4.87. The van der Waals surface area contributed by atoms with Crippen LogP contribution in [0, 0.1) is 11.8 Å². The third-order valence-corrected chi connectivity index (χ3v) is 2.80. The molecule has 1 aliphatic heterocycles. The summed E-state index contributed by atoms with van der Waals surface area (Å²) in [5, 5.41) is 6.36. The van der Waals surface area contributed by atoms with E-state index in [0.717, 1.165) is 6.42 Å². The first-order chi connectivity index (χ1) is 6.18. The Morgan fingerprint density at radius 1 is 1.46 bits per heavy atom. The Balaban J connectivity index is 2.34. The lowest BCUT2D eigenvalue weighted by Gasteiger charge is -2.30. The quantitative estimate of drug-likeness (QED) is 0.553. The number of hydrogen-bond donors (Lipinski definition) is 0. The van der Waals surface area contributed by atoms with Crippen molar-refractivity contribution in [2.75, 3.05) is 7.05 Å². The molecule has 0 aromatic rings. The number of rotatable bonds is 0. The van der Waals surface area contributed by atoms with Crippen molar-refractivity contribution in [3.63, 3.8) is 0 Å². The van der Waals surface area contributed by atoms with Crippen molar-refractivity contribution in [1.82, 2.24) is 5.01 Å². The molecule has 2 nitrogen and oxygen atoms in total. The monoisotopic (exact) mass is 176 g/mol. The minimum Gasteiger partial charge on any atom is -0.273 e. The van der Waals surface area contributed by atoms with Gasteiger partial charge in [-0.3, -0.25) is 5.01 Å². The van der Waals surface area contributed by atoms with Crippen molar-refractivity contribution in [3.05, 3.63) is 23.4 Å². The summed E-state index contributed by atoms with van der Waals surface area (Å²) in [5.41, 5.74) is 2.83. The van der Waals surface area contributed by atoms with Gasteiger partial charge < -0.3 is 0 Å². The molecule has 2 atom stereocenters. The van der Waals surface area contributed by atoms with Crippen molar-refractivity contribution < 1.29 is 0 Å². The summed E-state index contributed by atoms with van der Waals surface area (Å²) in [6, 6.07) is 0. The van der Waals surface area contributed by atoms with E-state index >= 15 is 0 Å². The van der Waals surface area contributed by atoms with Crippen LogP contribution in [0.1, 0.15) is 20.3 Å². The van der Waals surface area contributed by atoms with Crippen LogP contribution < -0.4 is 0 Å². The Labute approximate surface area is 79.6 Å². The fraction of sp³-hybridized carbons (Fsp3) is 0.545. The normalized spacial score (nSPS) is 32.4. The average molecular weight is 176 g/mol. The van der Waals surface area contributed by atoms with Crippen molar-refractivity contribution in [3.8, 4) is 0 Å². The van der Waals surface area contributed by atoms with Gasteiger partial charge in [0.05, 0.1) is 0 Å². The second kappa shape index (κ2) is 3.02. The fourth-order valence-corrected chi connectivity index (χ4v) is 1.94. The van der Waals surface area contributed by atoms with E-state index in [1.54, 1.807) is 0 Å². The fourth-order valence-electron chi connectivity index (χ4n) is 1.94. The first kappa shape index (κ1) is 8.54. The van der Waals surface area contributed by atoms with Crippen LogP contribution in [-0.4, -0.2) is 18.3 Å². The molecule has 0 aromatic heterocycles. The third kappa shape index (κ3) is 1.41. The summed E-state index contributed by atoms with van der Waals surface area (Å²) in [5.74, 6) is 1.14. The maximum Gasteiger partial charge on any atom is 0.0408 e. The van der Waals surface area contributed by atoms with E-state index in [2.05, 4.69) is 31.1 Å². The molecule has 0 spiro atoms. The molecule has 0 radical (unpaired) electrons. The topological polar surface area (TPSA) is 15.6 Å². The van der Waals surface area contributed by atoms with Crippen molar-refractivity contribution >= 4 is 6.21 Å². The van der Waals surface area contributed by atoms with Crippen LogP contribution in [0.3, 0.4) is 0 Å². The van der Waals surface area contributed by atoms with Crippen molar-refractivity contribution in [2.24, 2.45) is 16.9 Å². The second-order valence-corrected chi connectivity index (χ2v) is 4.02. The molecule has 2 aliphatic rings. The maximum absolute atomic E-state index is 4.35. The molecule has 70 valence electrons. The Kier molecular flexibility index (Phi) is 1.98. The number of hydrazone groups is 1. The molecule has 1 unspecified atom stereocenters. The Morgan fingerprint density at radius 3 is 3.00 bits per heavy atom. The van der Waals surface area contributed by atoms with Gasteiger partial charge in [0.1, 0.15) is 0 Å². The smallest absolute Gasteiger partial charge is 0.0408 e. The summed E-state index contributed by atoms with van der Waals surface area (Å²) >= 11 is 0. The molecule has 1 aliphatic carbocycles. The van der Waals surface area contributed by atoms with E-state index in [9.17, 15) is 0 Å². The average Bonchev–Trinajstić information content (AvgIpc) is 2.12. The predicted octanol–water partition coefficient (Wildman–Crippen LogP) is 2.40. The molecule has 0 N–H and O–H groups in total. The maximum atomic E-state index is 4.35. The summed E-state index contributed by atoms with van der Waals surface area (Å²) in [7, 11) is 2.03. The molecular formula is C11H16N2. The molecule has 0 saturated carbocycles. The molecule has 2 heteroatoms. The largest absolute Gasteiger partial charge is 0.273 e. The lowest BCUT2D eigenvalue weighted by atomic mass is 9.88. The summed E-state index contributed by atoms with van der Waals surface area (Å²) in [6.07, 6.45) is 7.70. The Bertz CT molecular complexity index is 299. The second-order valence-electron chi connectivity index (χ2n) is 4.02. The number of hydrogen-bond acceptors (Lipinski definition) is 2. The van der Waals surface area contributed by atoms with Gasteiger partial charge in [-0.25, -0.2) is 0 Å². The van der Waals surface area contributed by atoms with Gasteiger partial charge >= 0.3 is 0 Å². The zero-order chi connectivity index (χ0) is 9.42. The van der Waals surface area contributed by atoms with E-state index in [-0.39, 0.29) is 0 Å². The molecule has 0 saturated heterocycles. The van der Waals surface area contributed by atoms with Gasteiger partial charge in [0.2, 0.25) is 0 Å². The predicted molar refractivity (Wildman–Crippen MR) is 55.4 cm³/mol. The van der Waals surface area contributed by atoms with Gasteiger partial charge in [-0.15, -0.1) is 0 Å². The van der Waals surface area contributed by atoms with Crippen LogP contribution in [0.15, 0.2) is 28.5 Å². The number of nitrogens with zero attached hydrogens (tertiary/aromatic N) is 2. The van der Waals surface area contributed by atoms with Crippen molar-refractivity contribution in [2.45, 2.75) is 20.3 Å². The third-order valence-electron chi connectivity index (χ3n) is 2.80. The van der Waals surface area contributed by atoms with E-state index in [4.69, 9.17) is 0 Å². The van der Waals surface area contributed by atoms with Gasteiger partial charge in [0, 0.05) is 24.9 Å². The van der Waals surface area contributed by atoms with E-state index in [1.807, 2.05) is 18.3 Å². The van der Waals surface area contributed by atoms with Gasteiger partial charge in [0.25, 0.3) is 0 Å². The van der Waals surface area contributed by atoms with Crippen LogP contribution in [0.4, 0.5) is 0 Å². The molecule has 13 heavy (non-hydrogen) atoms. The van der Waals surface area contributed by atoms with Crippen LogP contribution in [-0.2, 0) is 0 Å². The molecule has 1 heterocycles. The molecule has 0 fully saturated rings. The highest BCUT2D eigenvalue weighted by atomic mass is 15.4. The van der Waals surface area contributed by atoms with Crippen LogP contribution in [0.5, 0.6) is 0 Å². The molecule has 2 rings (SSSR count). The van der Waals surface area contributed by atoms with E-state index in [0.29, 0.717) is 11.8 Å². The minimum absolute atomic E-state index is 0.481. The zero-order valence-corrected chi connectivity index (χ0v) is 8.49. The molecule has 0 amide bonds. The van der Waals surface area contributed by atoms with E-state index < -0.39 is 0 Å². The van der Waals surface area contributed by atoms with Crippen molar-refractivity contribution in [1.29, 1.82) is 0 Å². The van der Waals surface area contributed by atoms with Gasteiger partial charge in [-0.1, -0.05) is 26.0 Å². The standard InChI is InChI=1S/C11H16N2/c1-8-4-5-10-9(2)7-12-13(3)11(10)6-8/h4-5,7-9H,6H2,1-3H3/t8-,9?/m1/s1. The number of allylic oxidation sites excluding steroid dienone is 4. The Hall–Kier alpha value is -1.05. The SMILES string of the molecule is CC1C=NN(C)C2=C1C=C[C@@H](C)C2. The zero-order valence-electron chi connectivity index (χ0n) is 8.49. The highest BCUT2D eigenvalue weighted by Gasteiger charge is 2.22. The summed E-state index contributed by atoms with van der Waals surface area (Å²) < 4.78 is 0. The Morgan fingerprint density at radius 2 is 2.23 bits per heavy atom. The molecule has 0 aromatic carbocycles. The van der Waals surface area contributed by atoms with Gasteiger partial charge in [-0.05, 0) is 17.9 Å². The molecule has 0 bridgehead atoms. The summed E-state index contributed by atoms with van der Waals surface area (Å²) in [6.45, 7) is 4.45. The lowest BCUT2D eigenvalue weighted by molar-refractivity contribution is 0.390. The summed E-state index contributed by atoms with van der Waals surface area (Å²) in [4.78, 5) is 0. The highest BCUT2D eigenvalue weighted by Crippen LogP contribution is 2.31. The lowest BCUT2D eigenvalue weighted by Crippen LogP contribution is -2.24.